The Kier molecular flexibility index (Phi) is 4.88. The van der Waals surface area contributed by atoms with Gasteiger partial charge in [0, 0.05) is 30.7 Å². The van der Waals surface area contributed by atoms with E-state index in [-0.39, 0.29) is 12.3 Å². The first kappa shape index (κ1) is 16.2. The van der Waals surface area contributed by atoms with Crippen molar-refractivity contribution in [1.29, 1.82) is 0 Å². The number of hydrogen-bond donors (Lipinski definition) is 1. The van der Waals surface area contributed by atoms with Crippen molar-refractivity contribution >= 4 is 11.6 Å². The number of anilines is 1. The predicted molar refractivity (Wildman–Crippen MR) is 86.8 cm³/mol. The molecule has 1 aromatic carbocycles. The minimum atomic E-state index is -0.107. The summed E-state index contributed by atoms with van der Waals surface area (Å²) in [5.74, 6) is 2.31. The van der Waals surface area contributed by atoms with Crippen LogP contribution in [0.15, 0.2) is 22.7 Å². The van der Waals surface area contributed by atoms with E-state index >= 15 is 0 Å². The Labute approximate surface area is 139 Å². The van der Waals surface area contributed by atoms with Gasteiger partial charge >= 0.3 is 0 Å². The van der Waals surface area contributed by atoms with Crippen molar-refractivity contribution < 1.29 is 23.5 Å². The molecule has 0 spiro atoms. The van der Waals surface area contributed by atoms with Crippen LogP contribution >= 0.6 is 0 Å². The van der Waals surface area contributed by atoms with Crippen LogP contribution in [0, 0.1) is 6.92 Å². The zero-order chi connectivity index (χ0) is 16.9. The van der Waals surface area contributed by atoms with Gasteiger partial charge in [-0.05, 0) is 30.6 Å². The summed E-state index contributed by atoms with van der Waals surface area (Å²) in [5.41, 5.74) is 1.64. The molecule has 0 atom stereocenters. The number of benzene rings is 1. The second kappa shape index (κ2) is 7.25. The number of carbonyl (C=O) groups is 1. The van der Waals surface area contributed by atoms with Crippen LogP contribution < -0.4 is 19.5 Å². The summed E-state index contributed by atoms with van der Waals surface area (Å²) in [7, 11) is 0. The number of hydrogen-bond acceptors (Lipinski definition) is 6. The highest BCUT2D eigenvalue weighted by atomic mass is 16.6. The van der Waals surface area contributed by atoms with Gasteiger partial charge in [-0.1, -0.05) is 0 Å². The van der Waals surface area contributed by atoms with Gasteiger partial charge in [-0.25, -0.2) is 0 Å². The molecule has 1 aliphatic heterocycles. The molecule has 0 unspecified atom stereocenters. The van der Waals surface area contributed by atoms with E-state index < -0.39 is 0 Å². The standard InChI is InChI=1S/C17H20N2O5/c1-3-21-17-9-12(24-19-17)4-5-16(20)18-13-10-15-14(8-11(13)2)22-6-7-23-15/h8-10H,3-7H2,1-2H3,(H,18,20). The second-order valence-corrected chi connectivity index (χ2v) is 5.42. The summed E-state index contributed by atoms with van der Waals surface area (Å²) >= 11 is 0. The maximum atomic E-state index is 12.2. The summed E-state index contributed by atoms with van der Waals surface area (Å²) in [6.07, 6.45) is 0.740. The zero-order valence-corrected chi connectivity index (χ0v) is 13.8. The number of carbonyl (C=O) groups excluding carboxylic acids is 1. The average Bonchev–Trinajstić information content (AvgIpc) is 3.02. The summed E-state index contributed by atoms with van der Waals surface area (Å²) in [6.45, 7) is 5.36. The molecule has 1 aliphatic rings. The molecule has 2 heterocycles. The number of nitrogens with zero attached hydrogens (tertiary/aromatic N) is 1. The van der Waals surface area contributed by atoms with Crippen molar-refractivity contribution in [1.82, 2.24) is 5.16 Å². The molecule has 0 radical (unpaired) electrons. The van der Waals surface area contributed by atoms with E-state index in [0.29, 0.717) is 49.4 Å². The van der Waals surface area contributed by atoms with Crippen LogP contribution in [0.2, 0.25) is 0 Å². The Morgan fingerprint density at radius 2 is 2.00 bits per heavy atom. The molecule has 0 aliphatic carbocycles. The quantitative estimate of drug-likeness (QED) is 0.876. The smallest absolute Gasteiger partial charge is 0.254 e. The van der Waals surface area contributed by atoms with E-state index in [0.717, 1.165) is 11.3 Å². The van der Waals surface area contributed by atoms with E-state index in [1.165, 1.54) is 0 Å². The summed E-state index contributed by atoms with van der Waals surface area (Å²) < 4.78 is 21.4. The number of ether oxygens (including phenoxy) is 3. The molecule has 0 saturated carbocycles. The molecule has 3 rings (SSSR count). The van der Waals surface area contributed by atoms with Crippen LogP contribution in [0.4, 0.5) is 5.69 Å². The molecule has 128 valence electrons. The minimum absolute atomic E-state index is 0.107. The van der Waals surface area contributed by atoms with Gasteiger partial charge in [0.25, 0.3) is 5.88 Å². The molecule has 1 aromatic heterocycles. The van der Waals surface area contributed by atoms with Gasteiger partial charge in [0.2, 0.25) is 5.91 Å². The lowest BCUT2D eigenvalue weighted by Gasteiger charge is -2.20. The van der Waals surface area contributed by atoms with Crippen molar-refractivity contribution in [2.24, 2.45) is 0 Å². The van der Waals surface area contributed by atoms with Crippen LogP contribution in [0.1, 0.15) is 24.7 Å². The maximum absolute atomic E-state index is 12.2. The summed E-state index contributed by atoms with van der Waals surface area (Å²) in [5, 5.41) is 6.67. The van der Waals surface area contributed by atoms with Crippen molar-refractivity contribution in [3.8, 4) is 17.4 Å². The van der Waals surface area contributed by atoms with Crippen molar-refractivity contribution in [3.63, 3.8) is 0 Å². The normalized spacial score (nSPS) is 12.8. The van der Waals surface area contributed by atoms with Gasteiger partial charge in [0.1, 0.15) is 19.0 Å². The van der Waals surface area contributed by atoms with E-state index in [1.54, 1.807) is 12.1 Å². The highest BCUT2D eigenvalue weighted by molar-refractivity contribution is 5.92. The SMILES string of the molecule is CCOc1cc(CCC(=O)Nc2cc3c(cc2C)OCCO3)on1. The Morgan fingerprint density at radius 3 is 2.75 bits per heavy atom. The average molecular weight is 332 g/mol. The fourth-order valence-electron chi connectivity index (χ4n) is 2.40. The number of nitrogens with one attached hydrogen (secondary N) is 1. The Bertz CT molecular complexity index is 726. The largest absolute Gasteiger partial charge is 0.486 e. The van der Waals surface area contributed by atoms with E-state index in [4.69, 9.17) is 18.7 Å². The first-order chi connectivity index (χ1) is 11.7. The van der Waals surface area contributed by atoms with Gasteiger partial charge in [-0.15, -0.1) is 0 Å². The molecule has 0 fully saturated rings. The van der Waals surface area contributed by atoms with Gasteiger partial charge in [0.15, 0.2) is 11.5 Å². The third-order valence-electron chi connectivity index (χ3n) is 3.59. The molecule has 1 N–H and O–H groups in total. The molecule has 1 amide bonds. The van der Waals surface area contributed by atoms with Crippen LogP contribution in [-0.2, 0) is 11.2 Å². The Balaban J connectivity index is 1.58. The first-order valence-electron chi connectivity index (χ1n) is 7.94. The van der Waals surface area contributed by atoms with Crippen LogP contribution in [0.3, 0.4) is 0 Å². The molecule has 0 bridgehead atoms. The molecule has 24 heavy (non-hydrogen) atoms. The van der Waals surface area contributed by atoms with Gasteiger partial charge in [-0.2, -0.15) is 0 Å². The lowest BCUT2D eigenvalue weighted by molar-refractivity contribution is -0.116. The lowest BCUT2D eigenvalue weighted by Crippen LogP contribution is -2.17. The molecule has 0 saturated heterocycles. The maximum Gasteiger partial charge on any atom is 0.254 e. The van der Waals surface area contributed by atoms with E-state index in [2.05, 4.69) is 10.5 Å². The topological polar surface area (TPSA) is 82.8 Å². The van der Waals surface area contributed by atoms with Gasteiger partial charge < -0.3 is 24.1 Å². The van der Waals surface area contributed by atoms with Crippen molar-refractivity contribution in [3.05, 3.63) is 29.5 Å². The molecular weight excluding hydrogens is 312 g/mol. The monoisotopic (exact) mass is 332 g/mol. The van der Waals surface area contributed by atoms with Gasteiger partial charge in [0.05, 0.1) is 6.61 Å². The fourth-order valence-corrected chi connectivity index (χ4v) is 2.40. The molecule has 7 heteroatoms. The molecule has 2 aromatic rings. The molecule has 7 nitrogen and oxygen atoms in total. The molecular formula is C17H20N2O5. The van der Waals surface area contributed by atoms with Crippen molar-refractivity contribution in [2.45, 2.75) is 26.7 Å². The predicted octanol–water partition coefficient (Wildman–Crippen LogP) is 2.72. The Morgan fingerprint density at radius 1 is 1.25 bits per heavy atom. The fraction of sp³-hybridized carbons (Fsp3) is 0.412. The minimum Gasteiger partial charge on any atom is -0.486 e. The number of rotatable bonds is 6. The third-order valence-corrected chi connectivity index (χ3v) is 3.59. The van der Waals surface area contributed by atoms with Crippen LogP contribution in [-0.4, -0.2) is 30.9 Å². The number of aryl methyl sites for hydroxylation is 2. The summed E-state index contributed by atoms with van der Waals surface area (Å²) in [4.78, 5) is 12.2. The van der Waals surface area contributed by atoms with E-state index in [1.807, 2.05) is 19.9 Å². The summed E-state index contributed by atoms with van der Waals surface area (Å²) in [6, 6.07) is 5.37. The Hall–Kier alpha value is -2.70. The number of aromatic nitrogens is 1. The second-order valence-electron chi connectivity index (χ2n) is 5.42. The van der Waals surface area contributed by atoms with E-state index in [9.17, 15) is 4.79 Å². The third kappa shape index (κ3) is 3.79. The van der Waals surface area contributed by atoms with Crippen LogP contribution in [0.5, 0.6) is 17.4 Å². The van der Waals surface area contributed by atoms with Gasteiger partial charge in [-0.3, -0.25) is 4.79 Å². The zero-order valence-electron chi connectivity index (χ0n) is 13.8. The van der Waals surface area contributed by atoms with Crippen molar-refractivity contribution in [2.75, 3.05) is 25.1 Å². The highest BCUT2D eigenvalue weighted by Gasteiger charge is 2.16. The first-order valence-corrected chi connectivity index (χ1v) is 7.94. The highest BCUT2D eigenvalue weighted by Crippen LogP contribution is 2.35. The number of amides is 1. The number of fused-ring (bicyclic) bond motifs is 1. The van der Waals surface area contributed by atoms with Crippen LogP contribution in [0.25, 0.3) is 0 Å². The lowest BCUT2D eigenvalue weighted by atomic mass is 10.1.